The average Bonchev–Trinajstić information content (AvgIpc) is 3.14. The summed E-state index contributed by atoms with van der Waals surface area (Å²) >= 11 is 0. The van der Waals surface area contributed by atoms with Gasteiger partial charge in [0, 0.05) is 0 Å². The molecule has 7 N–H and O–H groups in total. The standard InChI is InChI=1S/C16H24N4O9/c1-7(16(28)29)18-14(26)9(5-11(21)22)20-15(27)10(6-12(23)24)19-13(25)8-3-2-4-17-8/h7-10,17H,2-6H2,1H3,(H,18,26)(H,19,25)(H,20,27)(H,21,22)(H,23,24)(H,28,29). The lowest BCUT2D eigenvalue weighted by Crippen LogP contribution is -2.57. The molecule has 0 aliphatic carbocycles. The van der Waals surface area contributed by atoms with Crippen LogP contribution in [0.2, 0.25) is 0 Å². The largest absolute Gasteiger partial charge is 0.481 e. The zero-order valence-electron chi connectivity index (χ0n) is 15.6. The van der Waals surface area contributed by atoms with Gasteiger partial charge in [-0.2, -0.15) is 0 Å². The summed E-state index contributed by atoms with van der Waals surface area (Å²) in [6.07, 6.45) is -0.431. The number of rotatable bonds is 11. The molecule has 1 saturated heterocycles. The minimum Gasteiger partial charge on any atom is -0.481 e. The fourth-order valence-corrected chi connectivity index (χ4v) is 2.60. The topological polar surface area (TPSA) is 211 Å². The summed E-state index contributed by atoms with van der Waals surface area (Å²) in [5.41, 5.74) is 0. The molecule has 13 nitrogen and oxygen atoms in total. The minimum absolute atomic E-state index is 0.504. The second-order valence-electron chi connectivity index (χ2n) is 6.54. The molecule has 4 atom stereocenters. The van der Waals surface area contributed by atoms with Crippen LogP contribution in [0.3, 0.4) is 0 Å². The van der Waals surface area contributed by atoms with Gasteiger partial charge in [-0.25, -0.2) is 0 Å². The van der Waals surface area contributed by atoms with Crippen molar-refractivity contribution in [3.63, 3.8) is 0 Å². The van der Waals surface area contributed by atoms with Crippen LogP contribution < -0.4 is 21.3 Å². The summed E-state index contributed by atoms with van der Waals surface area (Å²) in [6.45, 7) is 1.73. The molecule has 1 heterocycles. The Labute approximate surface area is 165 Å². The van der Waals surface area contributed by atoms with Gasteiger partial charge in [0.25, 0.3) is 0 Å². The summed E-state index contributed by atoms with van der Waals surface area (Å²) in [5.74, 6) is -6.98. The molecule has 3 amide bonds. The molecular weight excluding hydrogens is 392 g/mol. The van der Waals surface area contributed by atoms with Crippen LogP contribution in [0.5, 0.6) is 0 Å². The lowest BCUT2D eigenvalue weighted by atomic mass is 10.1. The van der Waals surface area contributed by atoms with Crippen molar-refractivity contribution in [3.8, 4) is 0 Å². The predicted molar refractivity (Wildman–Crippen MR) is 94.6 cm³/mol. The molecule has 1 rings (SSSR count). The second kappa shape index (κ2) is 10.9. The molecule has 0 spiro atoms. The number of hydrogen-bond donors (Lipinski definition) is 7. The summed E-state index contributed by atoms with van der Waals surface area (Å²) in [6, 6.07) is -5.16. The van der Waals surface area contributed by atoms with E-state index in [4.69, 9.17) is 15.3 Å². The number of carboxylic acid groups (broad SMARTS) is 3. The first-order valence-corrected chi connectivity index (χ1v) is 8.82. The number of hydrogen-bond acceptors (Lipinski definition) is 7. The minimum atomic E-state index is -1.67. The van der Waals surface area contributed by atoms with E-state index in [0.717, 1.165) is 13.3 Å². The van der Waals surface area contributed by atoms with Crippen LogP contribution in [0.15, 0.2) is 0 Å². The highest BCUT2D eigenvalue weighted by atomic mass is 16.4. The van der Waals surface area contributed by atoms with Gasteiger partial charge in [-0.05, 0) is 26.3 Å². The predicted octanol–water partition coefficient (Wildman–Crippen LogP) is -2.75. The molecule has 0 aromatic rings. The fourth-order valence-electron chi connectivity index (χ4n) is 2.60. The van der Waals surface area contributed by atoms with Crippen LogP contribution in [-0.2, 0) is 28.8 Å². The first-order chi connectivity index (χ1) is 13.5. The van der Waals surface area contributed by atoms with E-state index < -0.39 is 72.6 Å². The quantitative estimate of drug-likeness (QED) is 0.184. The van der Waals surface area contributed by atoms with Gasteiger partial charge < -0.3 is 36.6 Å². The molecule has 0 radical (unpaired) electrons. The lowest BCUT2D eigenvalue weighted by molar-refractivity contribution is -0.144. The normalized spacial score (nSPS) is 18.7. The van der Waals surface area contributed by atoms with E-state index in [-0.39, 0.29) is 0 Å². The van der Waals surface area contributed by atoms with Gasteiger partial charge in [-0.3, -0.25) is 28.8 Å². The van der Waals surface area contributed by atoms with Crippen molar-refractivity contribution in [2.45, 2.75) is 56.8 Å². The molecule has 162 valence electrons. The first kappa shape index (κ1) is 23.8. The van der Waals surface area contributed by atoms with E-state index in [0.29, 0.717) is 13.0 Å². The van der Waals surface area contributed by atoms with E-state index in [1.165, 1.54) is 0 Å². The summed E-state index contributed by atoms with van der Waals surface area (Å²) in [4.78, 5) is 69.6. The monoisotopic (exact) mass is 416 g/mol. The van der Waals surface area contributed by atoms with Crippen LogP contribution in [0.4, 0.5) is 0 Å². The van der Waals surface area contributed by atoms with Crippen molar-refractivity contribution >= 4 is 35.6 Å². The summed E-state index contributed by atoms with van der Waals surface area (Å²) in [5, 5.41) is 36.0. The fraction of sp³-hybridized carbons (Fsp3) is 0.625. The Morgan fingerprint density at radius 1 is 0.897 bits per heavy atom. The van der Waals surface area contributed by atoms with Crippen LogP contribution in [0.25, 0.3) is 0 Å². The molecule has 0 aromatic heterocycles. The first-order valence-electron chi connectivity index (χ1n) is 8.82. The average molecular weight is 416 g/mol. The van der Waals surface area contributed by atoms with Crippen LogP contribution in [0.1, 0.15) is 32.6 Å². The number of aliphatic carboxylic acids is 3. The second-order valence-corrected chi connectivity index (χ2v) is 6.54. The van der Waals surface area contributed by atoms with E-state index in [2.05, 4.69) is 16.0 Å². The van der Waals surface area contributed by atoms with E-state index in [9.17, 15) is 28.8 Å². The van der Waals surface area contributed by atoms with Gasteiger partial charge in [-0.15, -0.1) is 0 Å². The molecule has 1 aliphatic heterocycles. The lowest BCUT2D eigenvalue weighted by Gasteiger charge is -2.23. The van der Waals surface area contributed by atoms with Crippen molar-refractivity contribution in [1.29, 1.82) is 0 Å². The highest BCUT2D eigenvalue weighted by molar-refractivity contribution is 5.96. The van der Waals surface area contributed by atoms with Crippen LogP contribution >= 0.6 is 0 Å². The Kier molecular flexibility index (Phi) is 8.99. The Balaban J connectivity index is 2.87. The molecule has 0 bridgehead atoms. The molecule has 1 aliphatic rings. The Hall–Kier alpha value is -3.22. The van der Waals surface area contributed by atoms with E-state index in [1.54, 1.807) is 0 Å². The van der Waals surface area contributed by atoms with Crippen molar-refractivity contribution in [2.75, 3.05) is 6.54 Å². The third kappa shape index (κ3) is 8.13. The number of amides is 3. The van der Waals surface area contributed by atoms with E-state index in [1.807, 2.05) is 5.32 Å². The third-order valence-corrected chi connectivity index (χ3v) is 4.13. The molecule has 1 fully saturated rings. The van der Waals surface area contributed by atoms with Gasteiger partial charge in [-0.1, -0.05) is 0 Å². The van der Waals surface area contributed by atoms with Gasteiger partial charge in [0.1, 0.15) is 18.1 Å². The summed E-state index contributed by atoms with van der Waals surface area (Å²) < 4.78 is 0. The highest BCUT2D eigenvalue weighted by Gasteiger charge is 2.32. The van der Waals surface area contributed by atoms with Crippen LogP contribution in [0, 0.1) is 0 Å². The zero-order chi connectivity index (χ0) is 22.1. The maximum absolute atomic E-state index is 12.4. The van der Waals surface area contributed by atoms with Gasteiger partial charge in [0.15, 0.2) is 0 Å². The molecule has 13 heteroatoms. The van der Waals surface area contributed by atoms with E-state index >= 15 is 0 Å². The van der Waals surface area contributed by atoms with Gasteiger partial charge >= 0.3 is 17.9 Å². The third-order valence-electron chi connectivity index (χ3n) is 4.13. The van der Waals surface area contributed by atoms with Crippen molar-refractivity contribution in [1.82, 2.24) is 21.3 Å². The molecular formula is C16H24N4O9. The molecule has 0 aromatic carbocycles. The maximum Gasteiger partial charge on any atom is 0.325 e. The van der Waals surface area contributed by atoms with Crippen LogP contribution in [-0.4, -0.2) is 81.7 Å². The highest BCUT2D eigenvalue weighted by Crippen LogP contribution is 2.06. The zero-order valence-corrected chi connectivity index (χ0v) is 15.6. The molecule has 4 unspecified atom stereocenters. The van der Waals surface area contributed by atoms with Gasteiger partial charge in [0.2, 0.25) is 17.7 Å². The number of carbonyl (C=O) groups is 6. The Morgan fingerprint density at radius 2 is 1.41 bits per heavy atom. The Morgan fingerprint density at radius 3 is 1.86 bits per heavy atom. The maximum atomic E-state index is 12.4. The number of carboxylic acids is 3. The number of nitrogens with one attached hydrogen (secondary N) is 4. The van der Waals surface area contributed by atoms with Crippen molar-refractivity contribution in [3.05, 3.63) is 0 Å². The molecule has 29 heavy (non-hydrogen) atoms. The van der Waals surface area contributed by atoms with Crippen molar-refractivity contribution in [2.24, 2.45) is 0 Å². The SMILES string of the molecule is CC(NC(=O)C(CC(=O)O)NC(=O)C(CC(=O)O)NC(=O)C1CCCN1)C(=O)O. The molecule has 0 saturated carbocycles. The Bertz CT molecular complexity index is 675. The number of carbonyl (C=O) groups excluding carboxylic acids is 3. The summed E-state index contributed by atoms with van der Waals surface area (Å²) in [7, 11) is 0. The smallest absolute Gasteiger partial charge is 0.325 e. The van der Waals surface area contributed by atoms with Gasteiger partial charge in [0.05, 0.1) is 18.9 Å². The van der Waals surface area contributed by atoms with Crippen molar-refractivity contribution < 1.29 is 44.1 Å².